The van der Waals surface area contributed by atoms with Crippen molar-refractivity contribution in [2.75, 3.05) is 0 Å². The summed E-state index contributed by atoms with van der Waals surface area (Å²) in [5.41, 5.74) is 1.05. The Hall–Kier alpha value is 0. The van der Waals surface area contributed by atoms with Crippen molar-refractivity contribution in [3.63, 3.8) is 0 Å². The molecule has 0 saturated carbocycles. The minimum atomic E-state index is 0.487. The second kappa shape index (κ2) is 3.60. The zero-order valence-electron chi connectivity index (χ0n) is 9.12. The van der Waals surface area contributed by atoms with Crippen LogP contribution in [-0.2, 0) is 0 Å². The van der Waals surface area contributed by atoms with Crippen LogP contribution < -0.4 is 0 Å². The molecule has 0 N–H and O–H groups in total. The van der Waals surface area contributed by atoms with Crippen molar-refractivity contribution in [2.24, 2.45) is 10.8 Å². The van der Waals surface area contributed by atoms with E-state index in [0.717, 1.165) is 0 Å². The van der Waals surface area contributed by atoms with Crippen molar-refractivity contribution in [3.8, 4) is 0 Å². The van der Waals surface area contributed by atoms with Gasteiger partial charge in [-0.1, -0.05) is 54.4 Å². The zero-order valence-corrected chi connectivity index (χ0v) is 9.12. The van der Waals surface area contributed by atoms with Gasteiger partial charge in [0.05, 0.1) is 0 Å². The third-order valence-corrected chi connectivity index (χ3v) is 2.66. The molecule has 0 aliphatic heterocycles. The molecule has 0 heterocycles. The molecule has 0 aliphatic carbocycles. The standard InChI is InChI=1S/C11H24/c1-7-11(6,8-2)9-10(3,4)5/h7-9H2,1-6H3. The molecule has 0 fully saturated rings. The van der Waals surface area contributed by atoms with E-state index in [2.05, 4.69) is 41.5 Å². The first-order valence-corrected chi connectivity index (χ1v) is 4.83. The highest BCUT2D eigenvalue weighted by molar-refractivity contribution is 4.77. The highest BCUT2D eigenvalue weighted by Crippen LogP contribution is 2.38. The fourth-order valence-electron chi connectivity index (χ4n) is 1.78. The van der Waals surface area contributed by atoms with E-state index in [-0.39, 0.29) is 0 Å². The Morgan fingerprint density at radius 2 is 1.18 bits per heavy atom. The molecule has 11 heavy (non-hydrogen) atoms. The van der Waals surface area contributed by atoms with E-state index in [1.165, 1.54) is 19.3 Å². The number of hydrogen-bond donors (Lipinski definition) is 0. The van der Waals surface area contributed by atoms with Crippen molar-refractivity contribution >= 4 is 0 Å². The predicted octanol–water partition coefficient (Wildman–Crippen LogP) is 4.25. The van der Waals surface area contributed by atoms with Crippen LogP contribution in [0.3, 0.4) is 0 Å². The number of hydrogen-bond acceptors (Lipinski definition) is 0. The van der Waals surface area contributed by atoms with E-state index in [0.29, 0.717) is 10.8 Å². The summed E-state index contributed by atoms with van der Waals surface area (Å²) in [5, 5.41) is 0. The highest BCUT2D eigenvalue weighted by atomic mass is 14.3. The molecular weight excluding hydrogens is 132 g/mol. The van der Waals surface area contributed by atoms with Crippen molar-refractivity contribution in [1.82, 2.24) is 0 Å². The zero-order chi connectivity index (χ0) is 9.12. The first-order chi connectivity index (χ1) is 4.83. The van der Waals surface area contributed by atoms with E-state index in [1.807, 2.05) is 0 Å². The molecule has 0 aromatic rings. The lowest BCUT2D eigenvalue weighted by molar-refractivity contribution is 0.178. The Morgan fingerprint density at radius 3 is 1.27 bits per heavy atom. The largest absolute Gasteiger partial charge is 0.0649 e. The Morgan fingerprint density at radius 1 is 0.818 bits per heavy atom. The molecule has 0 spiro atoms. The van der Waals surface area contributed by atoms with Crippen molar-refractivity contribution in [1.29, 1.82) is 0 Å². The van der Waals surface area contributed by atoms with Crippen LogP contribution in [0, 0.1) is 10.8 Å². The summed E-state index contributed by atoms with van der Waals surface area (Å²) in [6, 6.07) is 0. The fraction of sp³-hybridized carbons (Fsp3) is 1.00. The lowest BCUT2D eigenvalue weighted by Gasteiger charge is -2.34. The topological polar surface area (TPSA) is 0 Å². The smallest absolute Gasteiger partial charge is 0.0326 e. The van der Waals surface area contributed by atoms with Gasteiger partial charge in [0.15, 0.2) is 0 Å². The second-order valence-electron chi connectivity index (χ2n) is 5.26. The van der Waals surface area contributed by atoms with Crippen LogP contribution in [0.2, 0.25) is 0 Å². The van der Waals surface area contributed by atoms with E-state index >= 15 is 0 Å². The van der Waals surface area contributed by atoms with Gasteiger partial charge < -0.3 is 0 Å². The molecule has 0 unspecified atom stereocenters. The van der Waals surface area contributed by atoms with Crippen LogP contribution in [0.5, 0.6) is 0 Å². The van der Waals surface area contributed by atoms with Gasteiger partial charge >= 0.3 is 0 Å². The van der Waals surface area contributed by atoms with Crippen LogP contribution in [0.15, 0.2) is 0 Å². The molecule has 0 nitrogen and oxygen atoms in total. The maximum Gasteiger partial charge on any atom is -0.0326 e. The Kier molecular flexibility index (Phi) is 3.60. The van der Waals surface area contributed by atoms with Crippen LogP contribution in [0.25, 0.3) is 0 Å². The van der Waals surface area contributed by atoms with Gasteiger partial charge in [-0.05, 0) is 17.3 Å². The fourth-order valence-corrected chi connectivity index (χ4v) is 1.78. The van der Waals surface area contributed by atoms with Gasteiger partial charge in [0.1, 0.15) is 0 Å². The second-order valence-corrected chi connectivity index (χ2v) is 5.26. The molecule has 0 radical (unpaired) electrons. The van der Waals surface area contributed by atoms with Gasteiger partial charge in [0.25, 0.3) is 0 Å². The Bertz CT molecular complexity index is 102. The minimum absolute atomic E-state index is 0.487. The van der Waals surface area contributed by atoms with E-state index in [4.69, 9.17) is 0 Å². The quantitative estimate of drug-likeness (QED) is 0.573. The third kappa shape index (κ3) is 4.44. The van der Waals surface area contributed by atoms with Crippen molar-refractivity contribution < 1.29 is 0 Å². The van der Waals surface area contributed by atoms with Crippen LogP contribution >= 0.6 is 0 Å². The van der Waals surface area contributed by atoms with Gasteiger partial charge in [0, 0.05) is 0 Å². The SMILES string of the molecule is CCC(C)(CC)CC(C)(C)C. The first kappa shape index (κ1) is 11.0. The minimum Gasteiger partial charge on any atom is -0.0649 e. The van der Waals surface area contributed by atoms with Gasteiger partial charge in [-0.3, -0.25) is 0 Å². The van der Waals surface area contributed by atoms with Gasteiger partial charge in [-0.25, -0.2) is 0 Å². The molecule has 0 rings (SSSR count). The molecule has 0 aromatic heterocycles. The average molecular weight is 156 g/mol. The molecular formula is C11H24. The van der Waals surface area contributed by atoms with Crippen LogP contribution in [-0.4, -0.2) is 0 Å². The summed E-state index contributed by atoms with van der Waals surface area (Å²) in [5.74, 6) is 0. The van der Waals surface area contributed by atoms with Crippen molar-refractivity contribution in [3.05, 3.63) is 0 Å². The first-order valence-electron chi connectivity index (χ1n) is 4.83. The molecule has 0 amide bonds. The lowest BCUT2D eigenvalue weighted by atomic mass is 9.72. The summed E-state index contributed by atoms with van der Waals surface area (Å²) < 4.78 is 0. The predicted molar refractivity (Wildman–Crippen MR) is 52.8 cm³/mol. The molecule has 0 aromatic carbocycles. The van der Waals surface area contributed by atoms with E-state index in [1.54, 1.807) is 0 Å². The molecule has 68 valence electrons. The maximum atomic E-state index is 2.40. The average Bonchev–Trinajstić information content (AvgIpc) is 1.84. The van der Waals surface area contributed by atoms with Crippen LogP contribution in [0.1, 0.15) is 60.8 Å². The summed E-state index contributed by atoms with van der Waals surface area (Å²) in [6.07, 6.45) is 3.95. The molecule has 0 aliphatic rings. The van der Waals surface area contributed by atoms with Crippen molar-refractivity contribution in [2.45, 2.75) is 60.8 Å². The summed E-state index contributed by atoms with van der Waals surface area (Å²) in [7, 11) is 0. The molecule has 0 heteroatoms. The Balaban J connectivity index is 4.08. The van der Waals surface area contributed by atoms with Gasteiger partial charge in [-0.2, -0.15) is 0 Å². The number of rotatable bonds is 3. The molecule has 0 atom stereocenters. The third-order valence-electron chi connectivity index (χ3n) is 2.66. The maximum absolute atomic E-state index is 2.40. The van der Waals surface area contributed by atoms with Crippen LogP contribution in [0.4, 0.5) is 0 Å². The van der Waals surface area contributed by atoms with Gasteiger partial charge in [-0.15, -0.1) is 0 Å². The summed E-state index contributed by atoms with van der Waals surface area (Å²) in [4.78, 5) is 0. The summed E-state index contributed by atoms with van der Waals surface area (Å²) in [6.45, 7) is 14.0. The van der Waals surface area contributed by atoms with E-state index < -0.39 is 0 Å². The van der Waals surface area contributed by atoms with Gasteiger partial charge in [0.2, 0.25) is 0 Å². The lowest BCUT2D eigenvalue weighted by Crippen LogP contribution is -2.22. The van der Waals surface area contributed by atoms with E-state index in [9.17, 15) is 0 Å². The monoisotopic (exact) mass is 156 g/mol. The normalized spacial score (nSPS) is 13.6. The highest BCUT2D eigenvalue weighted by Gasteiger charge is 2.26. The molecule has 0 bridgehead atoms. The molecule has 0 saturated heterocycles. The summed E-state index contributed by atoms with van der Waals surface area (Å²) >= 11 is 0. The Labute approximate surface area is 72.4 Å².